The molecular formula is C18H27N3O2. The fourth-order valence-corrected chi connectivity index (χ4v) is 3.52. The van der Waals surface area contributed by atoms with Gasteiger partial charge in [-0.3, -0.25) is 4.90 Å². The van der Waals surface area contributed by atoms with Gasteiger partial charge in [-0.15, -0.1) is 0 Å². The SMILES string of the molecule is O=C(NCCCN1CCc2ccccc2C1)N1CCC(CO)C1. The van der Waals surface area contributed by atoms with Gasteiger partial charge in [0, 0.05) is 51.8 Å². The third-order valence-corrected chi connectivity index (χ3v) is 4.97. The monoisotopic (exact) mass is 317 g/mol. The fraction of sp³-hybridized carbons (Fsp3) is 0.611. The Morgan fingerprint density at radius 2 is 2.09 bits per heavy atom. The number of carbonyl (C=O) groups excluding carboxylic acids is 1. The minimum atomic E-state index is 0.0185. The standard InChI is InChI=1S/C18H27N3O2/c22-14-15-6-11-21(12-15)18(23)19-8-3-9-20-10-7-16-4-1-2-5-17(16)13-20/h1-2,4-5,15,22H,3,6-14H2,(H,19,23). The molecule has 5 nitrogen and oxygen atoms in total. The maximum absolute atomic E-state index is 12.0. The highest BCUT2D eigenvalue weighted by Gasteiger charge is 2.25. The summed E-state index contributed by atoms with van der Waals surface area (Å²) < 4.78 is 0. The van der Waals surface area contributed by atoms with Crippen LogP contribution in [-0.4, -0.2) is 60.3 Å². The lowest BCUT2D eigenvalue weighted by atomic mass is 10.00. The number of aliphatic hydroxyl groups is 1. The maximum Gasteiger partial charge on any atom is 0.317 e. The van der Waals surface area contributed by atoms with Gasteiger partial charge in [0.1, 0.15) is 0 Å². The lowest BCUT2D eigenvalue weighted by Gasteiger charge is -2.28. The van der Waals surface area contributed by atoms with Crippen molar-refractivity contribution in [3.63, 3.8) is 0 Å². The Morgan fingerprint density at radius 3 is 2.87 bits per heavy atom. The van der Waals surface area contributed by atoms with Gasteiger partial charge in [-0.1, -0.05) is 24.3 Å². The van der Waals surface area contributed by atoms with E-state index in [0.717, 1.165) is 52.0 Å². The quantitative estimate of drug-likeness (QED) is 0.809. The summed E-state index contributed by atoms with van der Waals surface area (Å²) in [5.41, 5.74) is 2.92. The second-order valence-electron chi connectivity index (χ2n) is 6.66. The lowest BCUT2D eigenvalue weighted by molar-refractivity contribution is 0.197. The van der Waals surface area contributed by atoms with Crippen LogP contribution in [0.3, 0.4) is 0 Å². The van der Waals surface area contributed by atoms with Gasteiger partial charge in [-0.05, 0) is 30.4 Å². The molecule has 0 aliphatic carbocycles. The van der Waals surface area contributed by atoms with E-state index in [1.807, 2.05) is 4.90 Å². The predicted molar refractivity (Wildman–Crippen MR) is 90.2 cm³/mol. The molecule has 3 rings (SSSR count). The molecule has 1 saturated heterocycles. The fourth-order valence-electron chi connectivity index (χ4n) is 3.52. The van der Waals surface area contributed by atoms with Crippen LogP contribution >= 0.6 is 0 Å². The van der Waals surface area contributed by atoms with E-state index < -0.39 is 0 Å². The Labute approximate surface area is 138 Å². The Hall–Kier alpha value is -1.59. The topological polar surface area (TPSA) is 55.8 Å². The van der Waals surface area contributed by atoms with Gasteiger partial charge in [-0.2, -0.15) is 0 Å². The van der Waals surface area contributed by atoms with Crippen LogP contribution in [0.1, 0.15) is 24.0 Å². The number of likely N-dealkylation sites (tertiary alicyclic amines) is 1. The van der Waals surface area contributed by atoms with E-state index in [-0.39, 0.29) is 18.6 Å². The normalized spacial score (nSPS) is 21.3. The molecule has 2 heterocycles. The summed E-state index contributed by atoms with van der Waals surface area (Å²) in [6.45, 7) is 5.50. The molecule has 0 spiro atoms. The largest absolute Gasteiger partial charge is 0.396 e. The molecular weight excluding hydrogens is 290 g/mol. The predicted octanol–water partition coefficient (Wildman–Crippen LogP) is 1.46. The van der Waals surface area contributed by atoms with Crippen LogP contribution in [0.5, 0.6) is 0 Å². The number of amides is 2. The zero-order chi connectivity index (χ0) is 16.1. The van der Waals surface area contributed by atoms with E-state index >= 15 is 0 Å². The van der Waals surface area contributed by atoms with Crippen LogP contribution in [0.4, 0.5) is 4.79 Å². The molecule has 1 atom stereocenters. The summed E-state index contributed by atoms with van der Waals surface area (Å²) >= 11 is 0. The molecule has 23 heavy (non-hydrogen) atoms. The van der Waals surface area contributed by atoms with Gasteiger partial charge in [0.05, 0.1) is 0 Å². The molecule has 2 N–H and O–H groups in total. The van der Waals surface area contributed by atoms with E-state index in [1.54, 1.807) is 0 Å². The number of carbonyl (C=O) groups is 1. The number of benzene rings is 1. The zero-order valence-corrected chi connectivity index (χ0v) is 13.7. The highest BCUT2D eigenvalue weighted by atomic mass is 16.3. The van der Waals surface area contributed by atoms with Crippen molar-refractivity contribution in [3.8, 4) is 0 Å². The van der Waals surface area contributed by atoms with Crippen molar-refractivity contribution in [2.45, 2.75) is 25.8 Å². The lowest BCUT2D eigenvalue weighted by Crippen LogP contribution is -2.40. The summed E-state index contributed by atoms with van der Waals surface area (Å²) in [7, 11) is 0. The van der Waals surface area contributed by atoms with Gasteiger partial charge in [0.25, 0.3) is 0 Å². The van der Waals surface area contributed by atoms with Crippen LogP contribution in [0.2, 0.25) is 0 Å². The second-order valence-corrected chi connectivity index (χ2v) is 6.66. The third kappa shape index (κ3) is 4.24. The van der Waals surface area contributed by atoms with Crippen molar-refractivity contribution in [2.24, 2.45) is 5.92 Å². The molecule has 126 valence electrons. The number of urea groups is 1. The number of hydrogen-bond donors (Lipinski definition) is 2. The molecule has 2 aliphatic rings. The van der Waals surface area contributed by atoms with E-state index in [9.17, 15) is 4.79 Å². The van der Waals surface area contributed by atoms with Gasteiger partial charge in [0.2, 0.25) is 0 Å². The van der Waals surface area contributed by atoms with Gasteiger partial charge in [-0.25, -0.2) is 4.79 Å². The van der Waals surface area contributed by atoms with Crippen molar-refractivity contribution in [1.29, 1.82) is 0 Å². The summed E-state index contributed by atoms with van der Waals surface area (Å²) in [5.74, 6) is 0.258. The van der Waals surface area contributed by atoms with Crippen molar-refractivity contribution < 1.29 is 9.90 Å². The van der Waals surface area contributed by atoms with Crippen molar-refractivity contribution in [3.05, 3.63) is 35.4 Å². The van der Waals surface area contributed by atoms with E-state index in [2.05, 4.69) is 34.5 Å². The average molecular weight is 317 g/mol. The first-order valence-electron chi connectivity index (χ1n) is 8.69. The van der Waals surface area contributed by atoms with Crippen LogP contribution in [0.15, 0.2) is 24.3 Å². The summed E-state index contributed by atoms with van der Waals surface area (Å²) in [6, 6.07) is 8.68. The number of nitrogens with one attached hydrogen (secondary N) is 1. The summed E-state index contributed by atoms with van der Waals surface area (Å²) in [5, 5.41) is 12.1. The minimum Gasteiger partial charge on any atom is -0.396 e. The molecule has 2 aliphatic heterocycles. The molecule has 1 unspecified atom stereocenters. The smallest absolute Gasteiger partial charge is 0.317 e. The first-order valence-corrected chi connectivity index (χ1v) is 8.69. The third-order valence-electron chi connectivity index (χ3n) is 4.97. The number of fused-ring (bicyclic) bond motifs is 1. The molecule has 1 aromatic rings. The molecule has 0 saturated carbocycles. The molecule has 1 aromatic carbocycles. The van der Waals surface area contributed by atoms with Gasteiger partial charge in [0.15, 0.2) is 0 Å². The Balaban J connectivity index is 1.34. The minimum absolute atomic E-state index is 0.0185. The molecule has 1 fully saturated rings. The maximum atomic E-state index is 12.0. The molecule has 2 amide bonds. The Morgan fingerprint density at radius 1 is 1.26 bits per heavy atom. The van der Waals surface area contributed by atoms with E-state index in [0.29, 0.717) is 6.54 Å². The number of nitrogens with zero attached hydrogens (tertiary/aromatic N) is 2. The highest BCUT2D eigenvalue weighted by molar-refractivity contribution is 5.74. The van der Waals surface area contributed by atoms with Crippen LogP contribution in [0.25, 0.3) is 0 Å². The van der Waals surface area contributed by atoms with Crippen LogP contribution in [0, 0.1) is 5.92 Å². The summed E-state index contributed by atoms with van der Waals surface area (Å²) in [6.07, 6.45) is 3.02. The average Bonchev–Trinajstić information content (AvgIpc) is 3.07. The summed E-state index contributed by atoms with van der Waals surface area (Å²) in [4.78, 5) is 16.3. The van der Waals surface area contributed by atoms with Crippen molar-refractivity contribution >= 4 is 6.03 Å². The van der Waals surface area contributed by atoms with E-state index in [1.165, 1.54) is 11.1 Å². The number of hydrogen-bond acceptors (Lipinski definition) is 3. The van der Waals surface area contributed by atoms with Gasteiger partial charge >= 0.3 is 6.03 Å². The first kappa shape index (κ1) is 16.3. The van der Waals surface area contributed by atoms with Crippen LogP contribution < -0.4 is 5.32 Å². The molecule has 0 radical (unpaired) electrons. The van der Waals surface area contributed by atoms with E-state index in [4.69, 9.17) is 5.11 Å². The van der Waals surface area contributed by atoms with Crippen LogP contribution in [-0.2, 0) is 13.0 Å². The Kier molecular flexibility index (Phi) is 5.51. The first-order chi connectivity index (χ1) is 11.3. The van der Waals surface area contributed by atoms with Crippen molar-refractivity contribution in [1.82, 2.24) is 15.1 Å². The number of rotatable bonds is 5. The van der Waals surface area contributed by atoms with Gasteiger partial charge < -0.3 is 15.3 Å². The Bertz CT molecular complexity index is 535. The highest BCUT2D eigenvalue weighted by Crippen LogP contribution is 2.18. The molecule has 5 heteroatoms. The molecule has 0 aromatic heterocycles. The second kappa shape index (κ2) is 7.79. The van der Waals surface area contributed by atoms with Crippen molar-refractivity contribution in [2.75, 3.05) is 39.3 Å². The zero-order valence-electron chi connectivity index (χ0n) is 13.7. The molecule has 0 bridgehead atoms. The number of aliphatic hydroxyl groups excluding tert-OH is 1.